The van der Waals surface area contributed by atoms with Crippen molar-refractivity contribution in [2.24, 2.45) is 0 Å². The molecule has 1 aliphatic rings. The summed E-state index contributed by atoms with van der Waals surface area (Å²) in [5.74, 6) is 1.47. The summed E-state index contributed by atoms with van der Waals surface area (Å²) in [6.07, 6.45) is 3.01. The molecule has 0 amide bonds. The number of likely N-dealkylation sites (N-methyl/N-ethyl adjacent to an activating group) is 1. The van der Waals surface area contributed by atoms with Gasteiger partial charge in [0, 0.05) is 12.0 Å². The first-order chi connectivity index (χ1) is 9.49. The minimum Gasteiger partial charge on any atom is -0.490 e. The molecule has 2 rings (SSSR count). The van der Waals surface area contributed by atoms with Crippen LogP contribution in [0.3, 0.4) is 0 Å². The molecule has 0 heterocycles. The SMILES string of the molecule is CNC1(CO)CCC(Oc2cc(C)ccc2C(C)C)C1. The van der Waals surface area contributed by atoms with Crippen molar-refractivity contribution in [3.63, 3.8) is 0 Å². The first kappa shape index (κ1) is 15.3. The Morgan fingerprint density at radius 1 is 1.45 bits per heavy atom. The number of aliphatic hydroxyl groups excluding tert-OH is 1. The van der Waals surface area contributed by atoms with Gasteiger partial charge < -0.3 is 15.2 Å². The summed E-state index contributed by atoms with van der Waals surface area (Å²) in [6.45, 7) is 6.65. The van der Waals surface area contributed by atoms with Gasteiger partial charge in [-0.3, -0.25) is 0 Å². The van der Waals surface area contributed by atoms with E-state index in [0.717, 1.165) is 25.0 Å². The Morgan fingerprint density at radius 3 is 2.75 bits per heavy atom. The molecule has 0 bridgehead atoms. The van der Waals surface area contributed by atoms with Crippen LogP contribution < -0.4 is 10.1 Å². The van der Waals surface area contributed by atoms with Crippen LogP contribution in [0.1, 0.15) is 50.2 Å². The van der Waals surface area contributed by atoms with Crippen LogP contribution in [0.15, 0.2) is 18.2 Å². The van der Waals surface area contributed by atoms with Gasteiger partial charge >= 0.3 is 0 Å². The average molecular weight is 277 g/mol. The predicted molar refractivity (Wildman–Crippen MR) is 82.4 cm³/mol. The molecule has 1 fully saturated rings. The second kappa shape index (κ2) is 6.15. The number of hydrogen-bond acceptors (Lipinski definition) is 3. The van der Waals surface area contributed by atoms with E-state index < -0.39 is 0 Å². The van der Waals surface area contributed by atoms with Crippen molar-refractivity contribution in [2.45, 2.75) is 57.6 Å². The quantitative estimate of drug-likeness (QED) is 0.869. The zero-order chi connectivity index (χ0) is 14.8. The lowest BCUT2D eigenvalue weighted by molar-refractivity contribution is 0.146. The standard InChI is InChI=1S/C17H27NO2/c1-12(2)15-6-5-13(3)9-16(15)20-14-7-8-17(10-14,11-19)18-4/h5-6,9,12,14,18-19H,7-8,10-11H2,1-4H3. The van der Waals surface area contributed by atoms with E-state index in [1.54, 1.807) is 0 Å². The Morgan fingerprint density at radius 2 is 2.20 bits per heavy atom. The highest BCUT2D eigenvalue weighted by Gasteiger charge is 2.38. The molecule has 112 valence electrons. The van der Waals surface area contributed by atoms with Crippen LogP contribution in [0.4, 0.5) is 0 Å². The first-order valence-corrected chi connectivity index (χ1v) is 7.56. The lowest BCUT2D eigenvalue weighted by Crippen LogP contribution is -2.44. The Hall–Kier alpha value is -1.06. The second-order valence-electron chi connectivity index (χ2n) is 6.37. The van der Waals surface area contributed by atoms with Gasteiger partial charge in [0.25, 0.3) is 0 Å². The second-order valence-corrected chi connectivity index (χ2v) is 6.37. The predicted octanol–water partition coefficient (Wildman–Crippen LogP) is 3.00. The number of rotatable bonds is 5. The zero-order valence-electron chi connectivity index (χ0n) is 13.1. The van der Waals surface area contributed by atoms with E-state index >= 15 is 0 Å². The van der Waals surface area contributed by atoms with Crippen molar-refractivity contribution < 1.29 is 9.84 Å². The van der Waals surface area contributed by atoms with Gasteiger partial charge in [-0.05, 0) is 49.9 Å². The highest BCUT2D eigenvalue weighted by molar-refractivity contribution is 5.39. The number of aryl methyl sites for hydroxylation is 1. The Balaban J connectivity index is 2.13. The molecule has 3 heteroatoms. The van der Waals surface area contributed by atoms with Crippen molar-refractivity contribution in [2.75, 3.05) is 13.7 Å². The van der Waals surface area contributed by atoms with Crippen molar-refractivity contribution in [1.29, 1.82) is 0 Å². The number of ether oxygens (including phenoxy) is 1. The van der Waals surface area contributed by atoms with Crippen LogP contribution in [0.25, 0.3) is 0 Å². The van der Waals surface area contributed by atoms with Crippen LogP contribution in [-0.4, -0.2) is 30.4 Å². The molecule has 0 radical (unpaired) electrons. The van der Waals surface area contributed by atoms with E-state index in [-0.39, 0.29) is 18.2 Å². The number of aliphatic hydroxyl groups is 1. The van der Waals surface area contributed by atoms with Gasteiger partial charge in [-0.15, -0.1) is 0 Å². The molecular formula is C17H27NO2. The summed E-state index contributed by atoms with van der Waals surface area (Å²) in [5.41, 5.74) is 2.33. The fourth-order valence-electron chi connectivity index (χ4n) is 3.03. The molecule has 1 aliphatic carbocycles. The minimum absolute atomic E-state index is 0.160. The summed E-state index contributed by atoms with van der Waals surface area (Å²) >= 11 is 0. The average Bonchev–Trinajstić information content (AvgIpc) is 2.82. The number of nitrogens with one attached hydrogen (secondary N) is 1. The van der Waals surface area contributed by atoms with Crippen LogP contribution >= 0.6 is 0 Å². The highest BCUT2D eigenvalue weighted by Crippen LogP contribution is 2.35. The van der Waals surface area contributed by atoms with Crippen molar-refractivity contribution in [3.05, 3.63) is 29.3 Å². The topological polar surface area (TPSA) is 41.5 Å². The van der Waals surface area contributed by atoms with E-state index in [0.29, 0.717) is 5.92 Å². The normalized spacial score (nSPS) is 26.2. The largest absolute Gasteiger partial charge is 0.490 e. The fourth-order valence-corrected chi connectivity index (χ4v) is 3.03. The van der Waals surface area contributed by atoms with Crippen LogP contribution in [0.5, 0.6) is 5.75 Å². The van der Waals surface area contributed by atoms with Gasteiger partial charge in [0.1, 0.15) is 11.9 Å². The third-order valence-corrected chi connectivity index (χ3v) is 4.48. The molecule has 0 saturated heterocycles. The number of hydrogen-bond donors (Lipinski definition) is 2. The first-order valence-electron chi connectivity index (χ1n) is 7.56. The maximum atomic E-state index is 9.57. The van der Waals surface area contributed by atoms with E-state index in [9.17, 15) is 5.11 Å². The molecule has 2 N–H and O–H groups in total. The van der Waals surface area contributed by atoms with Crippen LogP contribution in [0.2, 0.25) is 0 Å². The van der Waals surface area contributed by atoms with Gasteiger partial charge in [0.2, 0.25) is 0 Å². The van der Waals surface area contributed by atoms with Gasteiger partial charge in [0.05, 0.1) is 6.61 Å². The van der Waals surface area contributed by atoms with Crippen molar-refractivity contribution in [1.82, 2.24) is 5.32 Å². The molecule has 0 aliphatic heterocycles. The molecule has 1 saturated carbocycles. The summed E-state index contributed by atoms with van der Waals surface area (Å²) in [6, 6.07) is 6.44. The van der Waals surface area contributed by atoms with Crippen LogP contribution in [-0.2, 0) is 0 Å². The maximum Gasteiger partial charge on any atom is 0.123 e. The van der Waals surface area contributed by atoms with Crippen LogP contribution in [0, 0.1) is 6.92 Å². The molecule has 3 nitrogen and oxygen atoms in total. The molecule has 20 heavy (non-hydrogen) atoms. The summed E-state index contributed by atoms with van der Waals surface area (Å²) in [4.78, 5) is 0. The Kier molecular flexibility index (Phi) is 4.71. The lowest BCUT2D eigenvalue weighted by atomic mass is 9.99. The molecule has 0 aromatic heterocycles. The summed E-state index contributed by atoms with van der Waals surface area (Å²) in [5, 5.41) is 12.8. The summed E-state index contributed by atoms with van der Waals surface area (Å²) < 4.78 is 6.26. The van der Waals surface area contributed by atoms with E-state index in [2.05, 4.69) is 44.3 Å². The summed E-state index contributed by atoms with van der Waals surface area (Å²) in [7, 11) is 1.92. The fraction of sp³-hybridized carbons (Fsp3) is 0.647. The van der Waals surface area contributed by atoms with E-state index in [1.165, 1.54) is 11.1 Å². The van der Waals surface area contributed by atoms with Gasteiger partial charge in [-0.2, -0.15) is 0 Å². The monoisotopic (exact) mass is 277 g/mol. The number of benzene rings is 1. The van der Waals surface area contributed by atoms with Crippen molar-refractivity contribution >= 4 is 0 Å². The van der Waals surface area contributed by atoms with Gasteiger partial charge in [0.15, 0.2) is 0 Å². The molecule has 2 atom stereocenters. The smallest absolute Gasteiger partial charge is 0.123 e. The molecule has 0 spiro atoms. The highest BCUT2D eigenvalue weighted by atomic mass is 16.5. The Bertz CT molecular complexity index is 452. The minimum atomic E-state index is -0.160. The molecule has 2 unspecified atom stereocenters. The molecular weight excluding hydrogens is 250 g/mol. The maximum absolute atomic E-state index is 9.57. The molecule has 1 aromatic carbocycles. The van der Waals surface area contributed by atoms with E-state index in [4.69, 9.17) is 4.74 Å². The van der Waals surface area contributed by atoms with E-state index in [1.807, 2.05) is 7.05 Å². The Labute approximate surface area is 122 Å². The molecule has 1 aromatic rings. The third kappa shape index (κ3) is 3.15. The third-order valence-electron chi connectivity index (χ3n) is 4.48. The van der Waals surface area contributed by atoms with Gasteiger partial charge in [-0.25, -0.2) is 0 Å². The lowest BCUT2D eigenvalue weighted by Gasteiger charge is -2.26. The van der Waals surface area contributed by atoms with Crippen molar-refractivity contribution in [3.8, 4) is 5.75 Å². The zero-order valence-corrected chi connectivity index (χ0v) is 13.1. The van der Waals surface area contributed by atoms with Gasteiger partial charge in [-0.1, -0.05) is 26.0 Å².